The van der Waals surface area contributed by atoms with Crippen LogP contribution < -0.4 is 5.32 Å². The Hall–Kier alpha value is -1.59. The molecule has 0 aromatic heterocycles. The monoisotopic (exact) mass is 337 g/mol. The Kier molecular flexibility index (Phi) is 6.42. The van der Waals surface area contributed by atoms with Gasteiger partial charge < -0.3 is 15.1 Å². The summed E-state index contributed by atoms with van der Waals surface area (Å²) < 4.78 is 0. The van der Waals surface area contributed by atoms with E-state index in [0.29, 0.717) is 25.9 Å². The largest absolute Gasteiger partial charge is 0.342 e. The minimum absolute atomic E-state index is 0. The lowest BCUT2D eigenvalue weighted by molar-refractivity contribution is -0.133. The molecule has 23 heavy (non-hydrogen) atoms. The molecule has 6 heteroatoms. The number of piperazine rings is 1. The number of carbonyl (C=O) groups is 2. The van der Waals surface area contributed by atoms with Crippen molar-refractivity contribution in [1.82, 2.24) is 15.1 Å². The van der Waals surface area contributed by atoms with Crippen molar-refractivity contribution < 1.29 is 9.59 Å². The molecule has 0 saturated carbocycles. The molecular formula is C17H24ClN3O2. The van der Waals surface area contributed by atoms with Crippen LogP contribution in [-0.2, 0) is 9.59 Å². The molecule has 2 aliphatic rings. The average molecular weight is 338 g/mol. The third kappa shape index (κ3) is 4.45. The Morgan fingerprint density at radius 2 is 2.00 bits per heavy atom. The van der Waals surface area contributed by atoms with E-state index in [1.54, 1.807) is 0 Å². The van der Waals surface area contributed by atoms with Crippen molar-refractivity contribution in [2.24, 2.45) is 0 Å². The lowest BCUT2D eigenvalue weighted by atomic mass is 10.0. The first kappa shape index (κ1) is 17.8. The van der Waals surface area contributed by atoms with Crippen molar-refractivity contribution in [2.75, 3.05) is 32.7 Å². The zero-order valence-electron chi connectivity index (χ0n) is 13.2. The molecule has 1 aromatic carbocycles. The maximum atomic E-state index is 12.4. The summed E-state index contributed by atoms with van der Waals surface area (Å²) in [5.41, 5.74) is 1.22. The van der Waals surface area contributed by atoms with Crippen LogP contribution in [0.15, 0.2) is 30.3 Å². The highest BCUT2D eigenvalue weighted by Gasteiger charge is 2.26. The smallest absolute Gasteiger partial charge is 0.224 e. The van der Waals surface area contributed by atoms with Crippen LogP contribution in [0.2, 0.25) is 0 Å². The van der Waals surface area contributed by atoms with Crippen LogP contribution in [-0.4, -0.2) is 54.3 Å². The number of benzene rings is 1. The van der Waals surface area contributed by atoms with E-state index in [1.165, 1.54) is 5.56 Å². The lowest BCUT2D eigenvalue weighted by Crippen LogP contribution is -2.48. The van der Waals surface area contributed by atoms with Crippen molar-refractivity contribution >= 4 is 24.2 Å². The maximum absolute atomic E-state index is 12.4. The van der Waals surface area contributed by atoms with Crippen molar-refractivity contribution in [3.63, 3.8) is 0 Å². The second kappa shape index (κ2) is 8.31. The van der Waals surface area contributed by atoms with Gasteiger partial charge in [-0.15, -0.1) is 12.4 Å². The van der Waals surface area contributed by atoms with Crippen molar-refractivity contribution in [1.29, 1.82) is 0 Å². The van der Waals surface area contributed by atoms with E-state index in [1.807, 2.05) is 28.0 Å². The topological polar surface area (TPSA) is 52.7 Å². The summed E-state index contributed by atoms with van der Waals surface area (Å²) in [7, 11) is 0. The van der Waals surface area contributed by atoms with Crippen LogP contribution in [0.1, 0.15) is 30.9 Å². The molecule has 0 aliphatic carbocycles. The normalized spacial score (nSPS) is 21.2. The van der Waals surface area contributed by atoms with E-state index in [2.05, 4.69) is 17.4 Å². The summed E-state index contributed by atoms with van der Waals surface area (Å²) in [4.78, 5) is 27.7. The fourth-order valence-electron chi connectivity index (χ4n) is 3.21. The van der Waals surface area contributed by atoms with Gasteiger partial charge in [0.2, 0.25) is 11.8 Å². The van der Waals surface area contributed by atoms with Gasteiger partial charge in [0, 0.05) is 51.6 Å². The van der Waals surface area contributed by atoms with Crippen LogP contribution in [0.25, 0.3) is 0 Å². The Balaban J connectivity index is 0.00000192. The van der Waals surface area contributed by atoms with Crippen molar-refractivity contribution in [3.8, 4) is 0 Å². The van der Waals surface area contributed by atoms with Crippen molar-refractivity contribution in [2.45, 2.75) is 25.3 Å². The quantitative estimate of drug-likeness (QED) is 0.908. The molecule has 1 N–H and O–H groups in total. The molecule has 1 aromatic rings. The Morgan fingerprint density at radius 1 is 1.22 bits per heavy atom. The number of halogens is 1. The second-order valence-electron chi connectivity index (χ2n) is 5.99. The summed E-state index contributed by atoms with van der Waals surface area (Å²) in [5, 5.41) is 3.47. The van der Waals surface area contributed by atoms with Gasteiger partial charge in [-0.2, -0.15) is 0 Å². The SMILES string of the molecule is Cl.O=C1CCCN1CCC(=O)N1CCNC(c2ccccc2)C1. The third-order valence-corrected chi connectivity index (χ3v) is 4.50. The molecule has 126 valence electrons. The molecule has 2 amide bonds. The fourth-order valence-corrected chi connectivity index (χ4v) is 3.21. The number of likely N-dealkylation sites (tertiary alicyclic amines) is 1. The highest BCUT2D eigenvalue weighted by molar-refractivity contribution is 5.85. The summed E-state index contributed by atoms with van der Waals surface area (Å²) in [6, 6.07) is 10.4. The third-order valence-electron chi connectivity index (χ3n) is 4.50. The molecule has 1 unspecified atom stereocenters. The van der Waals surface area contributed by atoms with Crippen LogP contribution in [0, 0.1) is 0 Å². The highest BCUT2D eigenvalue weighted by atomic mass is 35.5. The van der Waals surface area contributed by atoms with Crippen molar-refractivity contribution in [3.05, 3.63) is 35.9 Å². The highest BCUT2D eigenvalue weighted by Crippen LogP contribution is 2.18. The van der Waals surface area contributed by atoms with E-state index in [0.717, 1.165) is 26.1 Å². The Morgan fingerprint density at radius 3 is 2.70 bits per heavy atom. The molecule has 3 rings (SSSR count). The summed E-state index contributed by atoms with van der Waals surface area (Å²) >= 11 is 0. The standard InChI is InChI=1S/C17H23N3O2.ClH/c21-16-7-4-10-19(16)11-8-17(22)20-12-9-18-15(13-20)14-5-2-1-3-6-14;/h1-3,5-6,15,18H,4,7-13H2;1H. The van der Waals surface area contributed by atoms with E-state index in [-0.39, 0.29) is 30.3 Å². The van der Waals surface area contributed by atoms with Gasteiger partial charge in [-0.3, -0.25) is 9.59 Å². The molecule has 0 bridgehead atoms. The first-order valence-electron chi connectivity index (χ1n) is 8.08. The maximum Gasteiger partial charge on any atom is 0.224 e. The van der Waals surface area contributed by atoms with Gasteiger partial charge in [0.1, 0.15) is 0 Å². The van der Waals surface area contributed by atoms with Gasteiger partial charge in [-0.1, -0.05) is 30.3 Å². The van der Waals surface area contributed by atoms with Gasteiger partial charge in [0.25, 0.3) is 0 Å². The molecular weight excluding hydrogens is 314 g/mol. The summed E-state index contributed by atoms with van der Waals surface area (Å²) in [5.74, 6) is 0.345. The van der Waals surface area contributed by atoms with Gasteiger partial charge in [-0.25, -0.2) is 0 Å². The van der Waals surface area contributed by atoms with Gasteiger partial charge >= 0.3 is 0 Å². The van der Waals surface area contributed by atoms with Gasteiger partial charge in [0.05, 0.1) is 0 Å². The number of carbonyl (C=O) groups excluding carboxylic acids is 2. The zero-order valence-corrected chi connectivity index (χ0v) is 14.1. The number of rotatable bonds is 4. The summed E-state index contributed by atoms with van der Waals surface area (Å²) in [6.07, 6.45) is 2.00. The minimum atomic E-state index is 0. The van der Waals surface area contributed by atoms with E-state index in [9.17, 15) is 9.59 Å². The molecule has 2 aliphatic heterocycles. The van der Waals surface area contributed by atoms with E-state index >= 15 is 0 Å². The zero-order chi connectivity index (χ0) is 15.4. The first-order valence-corrected chi connectivity index (χ1v) is 8.08. The molecule has 2 saturated heterocycles. The second-order valence-corrected chi connectivity index (χ2v) is 5.99. The lowest BCUT2D eigenvalue weighted by Gasteiger charge is -2.34. The Labute approximate surface area is 143 Å². The number of hydrogen-bond donors (Lipinski definition) is 1. The predicted octanol–water partition coefficient (Wildman–Crippen LogP) is 1.59. The number of hydrogen-bond acceptors (Lipinski definition) is 3. The number of nitrogens with one attached hydrogen (secondary N) is 1. The fraction of sp³-hybridized carbons (Fsp3) is 0.529. The molecule has 1 atom stereocenters. The minimum Gasteiger partial charge on any atom is -0.342 e. The van der Waals surface area contributed by atoms with Crippen LogP contribution in [0.5, 0.6) is 0 Å². The van der Waals surface area contributed by atoms with E-state index in [4.69, 9.17) is 0 Å². The molecule has 0 spiro atoms. The van der Waals surface area contributed by atoms with Crippen LogP contribution in [0.3, 0.4) is 0 Å². The number of nitrogens with zero attached hydrogens (tertiary/aromatic N) is 2. The average Bonchev–Trinajstić information content (AvgIpc) is 2.99. The number of amides is 2. The van der Waals surface area contributed by atoms with Gasteiger partial charge in [-0.05, 0) is 12.0 Å². The molecule has 0 radical (unpaired) electrons. The van der Waals surface area contributed by atoms with Crippen LogP contribution in [0.4, 0.5) is 0 Å². The molecule has 5 nitrogen and oxygen atoms in total. The van der Waals surface area contributed by atoms with E-state index < -0.39 is 0 Å². The molecule has 2 fully saturated rings. The Bertz CT molecular complexity index is 538. The predicted molar refractivity (Wildman–Crippen MR) is 91.4 cm³/mol. The van der Waals surface area contributed by atoms with Crippen LogP contribution >= 0.6 is 12.4 Å². The first-order chi connectivity index (χ1) is 10.7. The van der Waals surface area contributed by atoms with Gasteiger partial charge in [0.15, 0.2) is 0 Å². The molecule has 2 heterocycles. The summed E-state index contributed by atoms with van der Waals surface area (Å²) in [6.45, 7) is 3.64.